The highest BCUT2D eigenvalue weighted by molar-refractivity contribution is 6.76. The number of Topliss-reactive ketones (excluding diaryl/α,β-unsaturated/α-hetero) is 1. The van der Waals surface area contributed by atoms with Crippen LogP contribution in [0.5, 0.6) is 0 Å². The molecule has 132 valence electrons. The highest BCUT2D eigenvalue weighted by Crippen LogP contribution is 2.65. The predicted octanol–water partition coefficient (Wildman–Crippen LogP) is 3.85. The third-order valence-electron chi connectivity index (χ3n) is 5.77. The van der Waals surface area contributed by atoms with E-state index in [-0.39, 0.29) is 30.0 Å². The van der Waals surface area contributed by atoms with E-state index in [1.807, 2.05) is 6.08 Å². The topological polar surface area (TPSA) is 44.8 Å². The van der Waals surface area contributed by atoms with Crippen LogP contribution in [0.1, 0.15) is 26.7 Å². The summed E-state index contributed by atoms with van der Waals surface area (Å²) in [5.74, 6) is 0.456. The molecule has 0 spiro atoms. The maximum absolute atomic E-state index is 13.0. The van der Waals surface area contributed by atoms with Crippen molar-refractivity contribution in [2.24, 2.45) is 16.7 Å². The fourth-order valence-corrected chi connectivity index (χ4v) is 4.85. The van der Waals surface area contributed by atoms with Crippen molar-refractivity contribution < 1.29 is 19.0 Å². The average molecular weight is 341 g/mol. The van der Waals surface area contributed by atoms with Gasteiger partial charge in [0.25, 0.3) is 0 Å². The van der Waals surface area contributed by atoms with E-state index in [1.54, 1.807) is 13.4 Å². The summed E-state index contributed by atoms with van der Waals surface area (Å²) in [6, 6.07) is 1.13. The molecule has 2 saturated carbocycles. The van der Waals surface area contributed by atoms with E-state index >= 15 is 0 Å². The summed E-state index contributed by atoms with van der Waals surface area (Å²) in [6.07, 6.45) is 5.35. The Morgan fingerprint density at radius 3 is 2.61 bits per heavy atom. The van der Waals surface area contributed by atoms with Gasteiger partial charge in [0.15, 0.2) is 5.78 Å². The second-order valence-corrected chi connectivity index (χ2v) is 14.3. The monoisotopic (exact) mass is 340 g/mol. The second-order valence-electron chi connectivity index (χ2n) is 8.68. The molecule has 0 aromatic heterocycles. The predicted molar refractivity (Wildman–Crippen MR) is 93.9 cm³/mol. The third kappa shape index (κ3) is 3.42. The second kappa shape index (κ2) is 6.69. The number of carbonyl (C=O) groups excluding carboxylic acids is 1. The van der Waals surface area contributed by atoms with Gasteiger partial charge in [-0.2, -0.15) is 0 Å². The van der Waals surface area contributed by atoms with Crippen molar-refractivity contribution in [3.05, 3.63) is 12.3 Å². The molecule has 0 saturated heterocycles. The van der Waals surface area contributed by atoms with E-state index in [4.69, 9.17) is 14.2 Å². The third-order valence-corrected chi connectivity index (χ3v) is 7.48. The normalized spacial score (nSPS) is 32.9. The molecule has 4 nitrogen and oxygen atoms in total. The average Bonchev–Trinajstić information content (AvgIpc) is 2.78. The van der Waals surface area contributed by atoms with Crippen molar-refractivity contribution in [3.63, 3.8) is 0 Å². The summed E-state index contributed by atoms with van der Waals surface area (Å²) in [5.41, 5.74) is -0.545. The molecule has 0 aliphatic heterocycles. The van der Waals surface area contributed by atoms with Crippen molar-refractivity contribution in [3.8, 4) is 0 Å². The number of allylic oxidation sites excluding steroid dienone is 1. The van der Waals surface area contributed by atoms with E-state index in [0.717, 1.165) is 25.5 Å². The van der Waals surface area contributed by atoms with Gasteiger partial charge in [0.2, 0.25) is 0 Å². The number of hydrogen-bond donors (Lipinski definition) is 0. The van der Waals surface area contributed by atoms with Gasteiger partial charge < -0.3 is 14.2 Å². The largest absolute Gasteiger partial charge is 0.502 e. The van der Waals surface area contributed by atoms with Crippen LogP contribution in [0.4, 0.5) is 0 Å². The Kier molecular flexibility index (Phi) is 5.43. The van der Waals surface area contributed by atoms with Gasteiger partial charge in [0.1, 0.15) is 12.9 Å². The zero-order valence-corrected chi connectivity index (χ0v) is 16.5. The molecule has 0 aromatic carbocycles. The van der Waals surface area contributed by atoms with Crippen LogP contribution in [0, 0.1) is 16.7 Å². The van der Waals surface area contributed by atoms with Gasteiger partial charge >= 0.3 is 0 Å². The maximum atomic E-state index is 13.0. The fraction of sp³-hybridized carbons (Fsp3) is 0.833. The van der Waals surface area contributed by atoms with Crippen LogP contribution >= 0.6 is 0 Å². The van der Waals surface area contributed by atoms with E-state index < -0.39 is 13.5 Å². The lowest BCUT2D eigenvalue weighted by Crippen LogP contribution is -2.37. The zero-order chi connectivity index (χ0) is 17.3. The molecule has 5 heteroatoms. The van der Waals surface area contributed by atoms with Crippen molar-refractivity contribution in [1.29, 1.82) is 0 Å². The summed E-state index contributed by atoms with van der Waals surface area (Å²) in [4.78, 5) is 13.0. The lowest BCUT2D eigenvalue weighted by Gasteiger charge is -2.33. The summed E-state index contributed by atoms with van der Waals surface area (Å²) in [5, 5.41) is 0. The van der Waals surface area contributed by atoms with E-state index in [9.17, 15) is 4.79 Å². The molecule has 2 fully saturated rings. The minimum atomic E-state index is -1.08. The van der Waals surface area contributed by atoms with E-state index in [1.165, 1.54) is 0 Å². The van der Waals surface area contributed by atoms with Crippen LogP contribution in [-0.2, 0) is 19.0 Å². The van der Waals surface area contributed by atoms with Crippen LogP contribution in [-0.4, -0.2) is 40.5 Å². The van der Waals surface area contributed by atoms with Crippen molar-refractivity contribution in [1.82, 2.24) is 0 Å². The molecular formula is C18H32O4Si. The first-order chi connectivity index (χ1) is 10.7. The van der Waals surface area contributed by atoms with Gasteiger partial charge in [-0.05, 0) is 36.3 Å². The molecule has 3 atom stereocenters. The molecule has 2 aliphatic carbocycles. The van der Waals surface area contributed by atoms with Gasteiger partial charge in [-0.25, -0.2) is 0 Å². The Labute approximate surface area is 141 Å². The number of fused-ring (bicyclic) bond motifs is 2. The van der Waals surface area contributed by atoms with Crippen LogP contribution in [0.25, 0.3) is 0 Å². The Balaban J connectivity index is 2.05. The van der Waals surface area contributed by atoms with Crippen molar-refractivity contribution in [2.45, 2.75) is 58.5 Å². The van der Waals surface area contributed by atoms with Crippen LogP contribution in [0.15, 0.2) is 12.3 Å². The van der Waals surface area contributed by atoms with Crippen LogP contribution in [0.3, 0.4) is 0 Å². The first-order valence-corrected chi connectivity index (χ1v) is 12.3. The molecule has 0 amide bonds. The molecule has 2 aliphatic rings. The number of carbonyl (C=O) groups is 1. The lowest BCUT2D eigenvalue weighted by atomic mass is 9.69. The van der Waals surface area contributed by atoms with Gasteiger partial charge in [0.05, 0.1) is 18.3 Å². The fourth-order valence-electron chi connectivity index (χ4n) is 4.11. The minimum Gasteiger partial charge on any atom is -0.502 e. The van der Waals surface area contributed by atoms with E-state index in [0.29, 0.717) is 0 Å². The molecule has 0 N–H and O–H groups in total. The Hall–Kier alpha value is -0.653. The van der Waals surface area contributed by atoms with Crippen molar-refractivity contribution >= 4 is 13.9 Å². The number of rotatable bonds is 8. The molecule has 0 unspecified atom stereocenters. The summed E-state index contributed by atoms with van der Waals surface area (Å²) in [6.45, 7) is 12.3. The quantitative estimate of drug-likeness (QED) is 0.291. The zero-order valence-electron chi connectivity index (χ0n) is 15.5. The molecule has 2 bridgehead atoms. The molecule has 0 radical (unpaired) electrons. The summed E-state index contributed by atoms with van der Waals surface area (Å²) >= 11 is 0. The molecule has 0 heterocycles. The Morgan fingerprint density at radius 2 is 2.00 bits per heavy atom. The van der Waals surface area contributed by atoms with Gasteiger partial charge in [-0.15, -0.1) is 0 Å². The number of methoxy groups -OCH3 is 1. The van der Waals surface area contributed by atoms with Gasteiger partial charge in [0, 0.05) is 15.2 Å². The highest BCUT2D eigenvalue weighted by atomic mass is 28.3. The SMILES string of the molecule is COCO[C@H]1C(=O)[C@]2(C=COCC[Si](C)(C)C)CC[C@H]1C2(C)C. The van der Waals surface area contributed by atoms with Gasteiger partial charge in [-0.3, -0.25) is 4.79 Å². The summed E-state index contributed by atoms with van der Waals surface area (Å²) in [7, 11) is 0.503. The molecular weight excluding hydrogens is 308 g/mol. The smallest absolute Gasteiger partial charge is 0.172 e. The number of ether oxygens (including phenoxy) is 3. The molecule has 23 heavy (non-hydrogen) atoms. The molecule has 0 aromatic rings. The van der Waals surface area contributed by atoms with E-state index in [2.05, 4.69) is 33.5 Å². The number of hydrogen-bond acceptors (Lipinski definition) is 4. The first kappa shape index (κ1) is 18.7. The highest BCUT2D eigenvalue weighted by Gasteiger charge is 2.68. The van der Waals surface area contributed by atoms with Crippen LogP contribution in [0.2, 0.25) is 25.7 Å². The lowest BCUT2D eigenvalue weighted by molar-refractivity contribution is -0.146. The Morgan fingerprint density at radius 1 is 1.30 bits per heavy atom. The Bertz CT molecular complexity index is 466. The van der Waals surface area contributed by atoms with Crippen molar-refractivity contribution in [2.75, 3.05) is 20.5 Å². The maximum Gasteiger partial charge on any atom is 0.172 e. The summed E-state index contributed by atoms with van der Waals surface area (Å²) < 4.78 is 16.4. The van der Waals surface area contributed by atoms with Gasteiger partial charge in [-0.1, -0.05) is 33.5 Å². The minimum absolute atomic E-state index is 0.0961. The standard InChI is InChI=1S/C18H32O4Si/c1-17(2)14-7-8-18(17,16(19)15(14)22-13-20-3)9-10-21-11-12-23(4,5)6/h9-10,14-15H,7-8,11-13H2,1-6H3/t14-,15-,18-/m1/s1. The number of ketones is 1. The molecule has 2 rings (SSSR count). The van der Waals surface area contributed by atoms with Crippen LogP contribution < -0.4 is 0 Å². The first-order valence-electron chi connectivity index (χ1n) is 8.60.